The Bertz CT molecular complexity index is 1120. The van der Waals surface area contributed by atoms with Crippen LogP contribution in [-0.4, -0.2) is 57.1 Å². The number of amides is 1. The van der Waals surface area contributed by atoms with E-state index in [2.05, 4.69) is 11.1 Å². The van der Waals surface area contributed by atoms with E-state index in [0.29, 0.717) is 23.1 Å². The van der Waals surface area contributed by atoms with Crippen LogP contribution in [0.1, 0.15) is 18.4 Å². The normalized spacial score (nSPS) is 11.5. The molecule has 6 nitrogen and oxygen atoms in total. The van der Waals surface area contributed by atoms with Gasteiger partial charge in [-0.1, -0.05) is 35.6 Å². The van der Waals surface area contributed by atoms with Crippen molar-refractivity contribution in [1.82, 2.24) is 9.88 Å². The molecule has 3 aromatic rings. The summed E-state index contributed by atoms with van der Waals surface area (Å²) in [7, 11) is 0.521. The second-order valence-electron chi connectivity index (χ2n) is 7.55. The number of anilines is 1. The van der Waals surface area contributed by atoms with Gasteiger partial charge in [0.2, 0.25) is 5.91 Å². The standard InChI is InChI=1S/C22H27N3O3S2.ClH/c1-17-11-12-19-20(16-17)29-22(23-19)25(14-13-24(2)3)21(26)10-7-15-30(27,28)18-8-5-4-6-9-18;/h4-6,8-9,11-12,16H,7,10,13-15H2,1-3H3;1H. The van der Waals surface area contributed by atoms with Gasteiger partial charge < -0.3 is 4.90 Å². The number of sulfone groups is 1. The lowest BCUT2D eigenvalue weighted by molar-refractivity contribution is -0.118. The predicted octanol–water partition coefficient (Wildman–Crippen LogP) is 4.18. The molecule has 0 aliphatic rings. The first kappa shape index (κ1) is 25.3. The fourth-order valence-corrected chi connectivity index (χ4v) is 5.50. The van der Waals surface area contributed by atoms with Crippen molar-refractivity contribution in [1.29, 1.82) is 0 Å². The Labute approximate surface area is 194 Å². The van der Waals surface area contributed by atoms with Crippen LogP contribution in [0.5, 0.6) is 0 Å². The third-order valence-corrected chi connectivity index (χ3v) is 7.60. The molecule has 31 heavy (non-hydrogen) atoms. The summed E-state index contributed by atoms with van der Waals surface area (Å²) in [5.41, 5.74) is 2.02. The number of rotatable bonds is 9. The Hall–Kier alpha value is -2.00. The summed E-state index contributed by atoms with van der Waals surface area (Å²) < 4.78 is 26.0. The zero-order valence-corrected chi connectivity index (χ0v) is 20.4. The third kappa shape index (κ3) is 6.74. The summed E-state index contributed by atoms with van der Waals surface area (Å²) in [6.45, 7) is 3.24. The first-order chi connectivity index (χ1) is 14.3. The number of carbonyl (C=O) groups is 1. The first-order valence-corrected chi connectivity index (χ1v) is 12.3. The van der Waals surface area contributed by atoms with Gasteiger partial charge in [-0.05, 0) is 57.3 Å². The van der Waals surface area contributed by atoms with E-state index in [-0.39, 0.29) is 36.9 Å². The Morgan fingerprint density at radius 1 is 1.06 bits per heavy atom. The number of hydrogen-bond acceptors (Lipinski definition) is 6. The topological polar surface area (TPSA) is 70.6 Å². The summed E-state index contributed by atoms with van der Waals surface area (Å²) in [5, 5.41) is 0.661. The van der Waals surface area contributed by atoms with E-state index < -0.39 is 9.84 Å². The first-order valence-electron chi connectivity index (χ1n) is 9.86. The average molecular weight is 482 g/mol. The smallest absolute Gasteiger partial charge is 0.228 e. The average Bonchev–Trinajstić information content (AvgIpc) is 3.11. The maximum Gasteiger partial charge on any atom is 0.228 e. The highest BCUT2D eigenvalue weighted by molar-refractivity contribution is 7.91. The fraction of sp³-hybridized carbons (Fsp3) is 0.364. The number of aryl methyl sites for hydroxylation is 1. The van der Waals surface area contributed by atoms with Gasteiger partial charge in [0.05, 0.1) is 20.9 Å². The summed E-state index contributed by atoms with van der Waals surface area (Å²) in [5.74, 6) is -0.153. The fourth-order valence-electron chi connectivity index (χ4n) is 3.06. The maximum atomic E-state index is 13.0. The zero-order valence-electron chi connectivity index (χ0n) is 17.9. The molecule has 0 fully saturated rings. The van der Waals surface area contributed by atoms with E-state index in [1.54, 1.807) is 35.2 Å². The van der Waals surface area contributed by atoms with E-state index >= 15 is 0 Å². The molecule has 0 atom stereocenters. The number of likely N-dealkylation sites (N-methyl/N-ethyl adjacent to an activating group) is 1. The molecule has 0 aliphatic carbocycles. The lowest BCUT2D eigenvalue weighted by Gasteiger charge is -2.22. The van der Waals surface area contributed by atoms with Gasteiger partial charge in [-0.25, -0.2) is 13.4 Å². The van der Waals surface area contributed by atoms with E-state index in [1.165, 1.54) is 11.3 Å². The van der Waals surface area contributed by atoms with Crippen LogP contribution in [0, 0.1) is 6.92 Å². The Morgan fingerprint density at radius 3 is 2.45 bits per heavy atom. The molecule has 1 aromatic heterocycles. The van der Waals surface area contributed by atoms with Crippen LogP contribution in [0.2, 0.25) is 0 Å². The number of hydrogen-bond donors (Lipinski definition) is 0. The van der Waals surface area contributed by atoms with Crippen LogP contribution in [0.3, 0.4) is 0 Å². The molecular formula is C22H28ClN3O3S2. The molecule has 0 unspecified atom stereocenters. The number of thiazole rings is 1. The molecule has 0 bridgehead atoms. The van der Waals surface area contributed by atoms with E-state index in [0.717, 1.165) is 15.8 Å². The van der Waals surface area contributed by atoms with Crippen LogP contribution >= 0.6 is 23.7 Å². The van der Waals surface area contributed by atoms with Gasteiger partial charge in [-0.3, -0.25) is 9.69 Å². The van der Waals surface area contributed by atoms with Crippen LogP contribution < -0.4 is 4.90 Å². The molecule has 9 heteroatoms. The van der Waals surface area contributed by atoms with Crippen molar-refractivity contribution in [3.8, 4) is 0 Å². The van der Waals surface area contributed by atoms with Gasteiger partial charge in [-0.15, -0.1) is 12.4 Å². The van der Waals surface area contributed by atoms with Crippen molar-refractivity contribution in [2.45, 2.75) is 24.7 Å². The van der Waals surface area contributed by atoms with E-state index in [4.69, 9.17) is 0 Å². The molecule has 168 valence electrons. The maximum absolute atomic E-state index is 13.0. The lowest BCUT2D eigenvalue weighted by atomic mass is 10.2. The molecular weight excluding hydrogens is 454 g/mol. The Morgan fingerprint density at radius 2 is 1.77 bits per heavy atom. The van der Waals surface area contributed by atoms with Crippen LogP contribution in [0.25, 0.3) is 10.2 Å². The molecule has 3 rings (SSSR count). The third-order valence-electron chi connectivity index (χ3n) is 4.74. The van der Waals surface area contributed by atoms with Gasteiger partial charge in [-0.2, -0.15) is 0 Å². The van der Waals surface area contributed by atoms with Crippen LogP contribution in [0.15, 0.2) is 53.4 Å². The number of halogens is 1. The molecule has 0 aliphatic heterocycles. The second-order valence-corrected chi connectivity index (χ2v) is 10.7. The van der Waals surface area contributed by atoms with Crippen molar-refractivity contribution in [2.24, 2.45) is 0 Å². The highest BCUT2D eigenvalue weighted by atomic mass is 35.5. The van der Waals surface area contributed by atoms with Gasteiger partial charge >= 0.3 is 0 Å². The number of aromatic nitrogens is 1. The molecule has 0 saturated carbocycles. The molecule has 1 heterocycles. The monoisotopic (exact) mass is 481 g/mol. The van der Waals surface area contributed by atoms with Crippen molar-refractivity contribution in [3.05, 3.63) is 54.1 Å². The number of benzene rings is 2. The lowest BCUT2D eigenvalue weighted by Crippen LogP contribution is -2.36. The zero-order chi connectivity index (χ0) is 21.7. The Kier molecular flexibility index (Phi) is 9.00. The summed E-state index contributed by atoms with van der Waals surface area (Å²) in [6, 6.07) is 14.4. The molecule has 1 amide bonds. The molecule has 0 saturated heterocycles. The molecule has 0 spiro atoms. The van der Waals surface area contributed by atoms with Crippen molar-refractivity contribution in [3.63, 3.8) is 0 Å². The largest absolute Gasteiger partial charge is 0.308 e. The number of fused-ring (bicyclic) bond motifs is 1. The predicted molar refractivity (Wildman–Crippen MR) is 130 cm³/mol. The van der Waals surface area contributed by atoms with Gasteiger partial charge in [0.25, 0.3) is 0 Å². The number of carbonyl (C=O) groups excluding carboxylic acids is 1. The summed E-state index contributed by atoms with van der Waals surface area (Å²) in [4.78, 5) is 21.6. The SMILES string of the molecule is Cc1ccc2nc(N(CCN(C)C)C(=O)CCCS(=O)(=O)c3ccccc3)sc2c1.Cl. The van der Waals surface area contributed by atoms with E-state index in [9.17, 15) is 13.2 Å². The minimum absolute atomic E-state index is 0. The highest BCUT2D eigenvalue weighted by Gasteiger charge is 2.21. The van der Waals surface area contributed by atoms with Gasteiger partial charge in [0.1, 0.15) is 0 Å². The molecule has 0 N–H and O–H groups in total. The van der Waals surface area contributed by atoms with E-state index in [1.807, 2.05) is 38.1 Å². The summed E-state index contributed by atoms with van der Waals surface area (Å²) >= 11 is 1.49. The minimum Gasteiger partial charge on any atom is -0.308 e. The minimum atomic E-state index is -3.39. The Balaban J connectivity index is 0.00000341. The van der Waals surface area contributed by atoms with Gasteiger partial charge in [0.15, 0.2) is 15.0 Å². The molecule has 2 aromatic carbocycles. The second kappa shape index (κ2) is 11.0. The highest BCUT2D eigenvalue weighted by Crippen LogP contribution is 2.30. The number of nitrogens with zero attached hydrogens (tertiary/aromatic N) is 3. The van der Waals surface area contributed by atoms with Crippen molar-refractivity contribution < 1.29 is 13.2 Å². The van der Waals surface area contributed by atoms with Crippen molar-refractivity contribution >= 4 is 54.8 Å². The molecule has 0 radical (unpaired) electrons. The van der Waals surface area contributed by atoms with Crippen LogP contribution in [-0.2, 0) is 14.6 Å². The summed E-state index contributed by atoms with van der Waals surface area (Å²) in [6.07, 6.45) is 0.437. The quantitative estimate of drug-likeness (QED) is 0.458. The van der Waals surface area contributed by atoms with Crippen LogP contribution in [0.4, 0.5) is 5.13 Å². The van der Waals surface area contributed by atoms with Gasteiger partial charge in [0, 0.05) is 19.5 Å². The van der Waals surface area contributed by atoms with Crippen molar-refractivity contribution in [2.75, 3.05) is 37.8 Å².